The zero-order chi connectivity index (χ0) is 15.5. The minimum absolute atomic E-state index is 0.0356. The molecule has 3 rings (SSSR count). The van der Waals surface area contributed by atoms with Crippen LogP contribution in [0.5, 0.6) is 0 Å². The van der Waals surface area contributed by atoms with Crippen LogP contribution in [-0.2, 0) is 11.2 Å². The maximum Gasteiger partial charge on any atom is 0.243 e. The summed E-state index contributed by atoms with van der Waals surface area (Å²) in [5, 5.41) is 3.79. The first kappa shape index (κ1) is 15.0. The maximum absolute atomic E-state index is 12.2. The molecule has 0 saturated heterocycles. The Morgan fingerprint density at radius 3 is 2.91 bits per heavy atom. The van der Waals surface area contributed by atoms with E-state index in [2.05, 4.69) is 21.6 Å². The Balaban J connectivity index is 1.60. The van der Waals surface area contributed by atoms with Gasteiger partial charge in [0.25, 0.3) is 0 Å². The molecule has 22 heavy (non-hydrogen) atoms. The molecule has 2 aromatic rings. The predicted octanol–water partition coefficient (Wildman–Crippen LogP) is 3.05. The fraction of sp³-hybridized carbons (Fsp3) is 0.438. The van der Waals surface area contributed by atoms with Crippen molar-refractivity contribution in [2.75, 3.05) is 23.8 Å². The second kappa shape index (κ2) is 6.44. The SMILES string of the molecule is CCc1ccccc1NC(=O)CN(C)c1nc(C2CC2)ns1. The lowest BCUT2D eigenvalue weighted by atomic mass is 10.1. The van der Waals surface area contributed by atoms with Crippen LogP contribution < -0.4 is 10.2 Å². The highest BCUT2D eigenvalue weighted by atomic mass is 32.1. The van der Waals surface area contributed by atoms with Crippen molar-refractivity contribution >= 4 is 28.3 Å². The summed E-state index contributed by atoms with van der Waals surface area (Å²) >= 11 is 1.37. The first-order valence-corrected chi connectivity index (χ1v) is 8.37. The molecule has 1 aromatic carbocycles. The van der Waals surface area contributed by atoms with Crippen LogP contribution in [0, 0.1) is 0 Å². The number of likely N-dealkylation sites (N-methyl/N-ethyl adjacent to an activating group) is 1. The zero-order valence-electron chi connectivity index (χ0n) is 12.9. The molecule has 1 amide bonds. The maximum atomic E-state index is 12.2. The number of nitrogens with one attached hydrogen (secondary N) is 1. The number of benzene rings is 1. The number of anilines is 2. The van der Waals surface area contributed by atoms with E-state index in [0.717, 1.165) is 28.6 Å². The van der Waals surface area contributed by atoms with Gasteiger partial charge in [0.15, 0.2) is 0 Å². The summed E-state index contributed by atoms with van der Waals surface area (Å²) in [5.74, 6) is 1.44. The number of para-hydroxylation sites is 1. The Hall–Kier alpha value is -1.95. The summed E-state index contributed by atoms with van der Waals surface area (Å²) in [6.07, 6.45) is 3.27. The van der Waals surface area contributed by atoms with E-state index in [0.29, 0.717) is 5.92 Å². The number of carbonyl (C=O) groups is 1. The van der Waals surface area contributed by atoms with Crippen LogP contribution >= 0.6 is 11.5 Å². The van der Waals surface area contributed by atoms with E-state index in [1.165, 1.54) is 24.4 Å². The molecule has 5 nitrogen and oxygen atoms in total. The van der Waals surface area contributed by atoms with Crippen molar-refractivity contribution in [2.45, 2.75) is 32.1 Å². The van der Waals surface area contributed by atoms with Gasteiger partial charge in [-0.1, -0.05) is 25.1 Å². The van der Waals surface area contributed by atoms with Crippen LogP contribution in [0.15, 0.2) is 24.3 Å². The van der Waals surface area contributed by atoms with Crippen molar-refractivity contribution < 1.29 is 4.79 Å². The topological polar surface area (TPSA) is 58.1 Å². The van der Waals surface area contributed by atoms with Crippen LogP contribution in [0.2, 0.25) is 0 Å². The third kappa shape index (κ3) is 3.44. The average molecular weight is 316 g/mol. The predicted molar refractivity (Wildman–Crippen MR) is 89.6 cm³/mol. The smallest absolute Gasteiger partial charge is 0.243 e. The Kier molecular flexibility index (Phi) is 4.38. The minimum Gasteiger partial charge on any atom is -0.341 e. The van der Waals surface area contributed by atoms with Crippen molar-refractivity contribution in [3.8, 4) is 0 Å². The molecule has 1 aliphatic carbocycles. The van der Waals surface area contributed by atoms with Gasteiger partial charge in [-0.05, 0) is 30.9 Å². The van der Waals surface area contributed by atoms with E-state index in [1.807, 2.05) is 36.2 Å². The summed E-state index contributed by atoms with van der Waals surface area (Å²) in [4.78, 5) is 18.6. The number of aromatic nitrogens is 2. The fourth-order valence-corrected chi connectivity index (χ4v) is 3.02. The molecule has 1 heterocycles. The van der Waals surface area contributed by atoms with Gasteiger partial charge in [-0.2, -0.15) is 4.37 Å². The standard InChI is InChI=1S/C16H20N4OS/c1-3-11-6-4-5-7-13(11)17-14(21)10-20(2)16-18-15(19-22-16)12-8-9-12/h4-7,12H,3,8-10H2,1-2H3,(H,17,21). The number of aryl methyl sites for hydroxylation is 1. The molecule has 1 N–H and O–H groups in total. The lowest BCUT2D eigenvalue weighted by molar-refractivity contribution is -0.114. The van der Waals surface area contributed by atoms with Crippen LogP contribution in [0.3, 0.4) is 0 Å². The van der Waals surface area contributed by atoms with Crippen molar-refractivity contribution in [2.24, 2.45) is 0 Å². The molecule has 0 atom stereocenters. The van der Waals surface area contributed by atoms with Gasteiger partial charge in [-0.25, -0.2) is 4.98 Å². The van der Waals surface area contributed by atoms with E-state index in [9.17, 15) is 4.79 Å². The van der Waals surface area contributed by atoms with Crippen LogP contribution in [0.25, 0.3) is 0 Å². The Morgan fingerprint density at radius 2 is 2.18 bits per heavy atom. The van der Waals surface area contributed by atoms with Gasteiger partial charge in [0.05, 0.1) is 6.54 Å². The van der Waals surface area contributed by atoms with E-state index >= 15 is 0 Å². The van der Waals surface area contributed by atoms with Gasteiger partial charge in [-0.15, -0.1) is 0 Å². The van der Waals surface area contributed by atoms with Crippen molar-refractivity contribution in [3.63, 3.8) is 0 Å². The van der Waals surface area contributed by atoms with Gasteiger partial charge in [-0.3, -0.25) is 4.79 Å². The zero-order valence-corrected chi connectivity index (χ0v) is 13.7. The summed E-state index contributed by atoms with van der Waals surface area (Å²) in [5.41, 5.74) is 2.03. The second-order valence-electron chi connectivity index (χ2n) is 5.62. The van der Waals surface area contributed by atoms with Crippen LogP contribution in [-0.4, -0.2) is 28.9 Å². The fourth-order valence-electron chi connectivity index (χ4n) is 2.31. The van der Waals surface area contributed by atoms with E-state index < -0.39 is 0 Å². The largest absolute Gasteiger partial charge is 0.341 e. The normalized spacial score (nSPS) is 13.9. The molecule has 116 valence electrons. The lowest BCUT2D eigenvalue weighted by Crippen LogP contribution is -2.30. The van der Waals surface area contributed by atoms with Crippen LogP contribution in [0.1, 0.15) is 37.1 Å². The Morgan fingerprint density at radius 1 is 1.41 bits per heavy atom. The number of amides is 1. The third-order valence-corrected chi connectivity index (χ3v) is 4.60. The van der Waals surface area contributed by atoms with Gasteiger partial charge in [0.1, 0.15) is 5.82 Å². The first-order chi connectivity index (χ1) is 10.7. The molecule has 0 bridgehead atoms. The van der Waals surface area contributed by atoms with Gasteiger partial charge in [0.2, 0.25) is 11.0 Å². The van der Waals surface area contributed by atoms with E-state index in [4.69, 9.17) is 0 Å². The van der Waals surface area contributed by atoms with Crippen molar-refractivity contribution in [1.29, 1.82) is 0 Å². The molecule has 1 saturated carbocycles. The highest BCUT2D eigenvalue weighted by Crippen LogP contribution is 2.39. The number of nitrogens with zero attached hydrogens (tertiary/aromatic N) is 3. The first-order valence-electron chi connectivity index (χ1n) is 7.60. The molecule has 6 heteroatoms. The molecule has 1 aliphatic rings. The summed E-state index contributed by atoms with van der Waals surface area (Å²) in [6.45, 7) is 2.36. The molecule has 1 aromatic heterocycles. The van der Waals surface area contributed by atoms with Crippen molar-refractivity contribution in [1.82, 2.24) is 9.36 Å². The highest BCUT2D eigenvalue weighted by molar-refractivity contribution is 7.09. The molecule has 0 unspecified atom stereocenters. The minimum atomic E-state index is -0.0356. The van der Waals surface area contributed by atoms with E-state index in [-0.39, 0.29) is 12.5 Å². The number of hydrogen-bond donors (Lipinski definition) is 1. The molecule has 0 spiro atoms. The lowest BCUT2D eigenvalue weighted by Gasteiger charge is -2.16. The molecule has 1 fully saturated rings. The summed E-state index contributed by atoms with van der Waals surface area (Å²) in [7, 11) is 1.88. The quantitative estimate of drug-likeness (QED) is 0.890. The second-order valence-corrected chi connectivity index (χ2v) is 6.35. The summed E-state index contributed by atoms with van der Waals surface area (Å²) < 4.78 is 4.38. The molecule has 0 aliphatic heterocycles. The summed E-state index contributed by atoms with van der Waals surface area (Å²) in [6, 6.07) is 7.89. The third-order valence-electron chi connectivity index (χ3n) is 3.75. The van der Waals surface area contributed by atoms with Crippen molar-refractivity contribution in [3.05, 3.63) is 35.7 Å². The highest BCUT2D eigenvalue weighted by Gasteiger charge is 2.28. The number of rotatable bonds is 6. The number of hydrogen-bond acceptors (Lipinski definition) is 5. The van der Waals surface area contributed by atoms with Gasteiger partial charge in [0, 0.05) is 30.2 Å². The molecule has 0 radical (unpaired) electrons. The monoisotopic (exact) mass is 316 g/mol. The Bertz CT molecular complexity index is 666. The average Bonchev–Trinajstić information content (AvgIpc) is 3.24. The van der Waals surface area contributed by atoms with E-state index in [1.54, 1.807) is 0 Å². The molecular formula is C16H20N4OS. The number of carbonyl (C=O) groups excluding carboxylic acids is 1. The Labute approximate surface area is 134 Å². The van der Waals surface area contributed by atoms with Gasteiger partial charge < -0.3 is 10.2 Å². The van der Waals surface area contributed by atoms with Crippen LogP contribution in [0.4, 0.5) is 10.8 Å². The molecular weight excluding hydrogens is 296 g/mol. The van der Waals surface area contributed by atoms with Gasteiger partial charge >= 0.3 is 0 Å².